The smallest absolute Gasteiger partial charge is 0.219 e. The van der Waals surface area contributed by atoms with Crippen LogP contribution in [-0.4, -0.2) is 37.1 Å². The van der Waals surface area contributed by atoms with Gasteiger partial charge in [-0.3, -0.25) is 4.79 Å². The minimum Gasteiger partial charge on any atom is -0.381 e. The second kappa shape index (κ2) is 3.29. The quantitative estimate of drug-likeness (QED) is 0.561. The molecule has 0 aromatic rings. The number of hydrogen-bond donors (Lipinski definition) is 0. The van der Waals surface area contributed by atoms with Gasteiger partial charge >= 0.3 is 0 Å². The predicted molar refractivity (Wildman–Crippen MR) is 49.4 cm³/mol. The van der Waals surface area contributed by atoms with Crippen molar-refractivity contribution in [3.63, 3.8) is 0 Å². The molecule has 0 bridgehead atoms. The topological polar surface area (TPSA) is 29.5 Å². The largest absolute Gasteiger partial charge is 0.381 e. The molecule has 2 saturated heterocycles. The van der Waals surface area contributed by atoms with E-state index in [2.05, 4.69) is 0 Å². The van der Waals surface area contributed by atoms with Crippen molar-refractivity contribution in [1.29, 1.82) is 0 Å². The lowest BCUT2D eigenvalue weighted by molar-refractivity contribution is -0.128. The number of likely N-dealkylation sites (tertiary alicyclic amines) is 1. The molecule has 0 aromatic heterocycles. The summed E-state index contributed by atoms with van der Waals surface area (Å²) in [7, 11) is 0. The zero-order chi connectivity index (χ0) is 9.31. The Balaban J connectivity index is 1.98. The van der Waals surface area contributed by atoms with Crippen molar-refractivity contribution in [1.82, 2.24) is 4.90 Å². The van der Waals surface area contributed by atoms with E-state index in [9.17, 15) is 4.79 Å². The molecule has 3 heteroatoms. The Hall–Kier alpha value is -0.570. The van der Waals surface area contributed by atoms with Crippen molar-refractivity contribution in [3.05, 3.63) is 0 Å². The van der Waals surface area contributed by atoms with Crippen LogP contribution >= 0.6 is 0 Å². The van der Waals surface area contributed by atoms with E-state index in [1.54, 1.807) is 6.92 Å². The summed E-state index contributed by atoms with van der Waals surface area (Å²) >= 11 is 0. The van der Waals surface area contributed by atoms with Gasteiger partial charge in [0.1, 0.15) is 0 Å². The summed E-state index contributed by atoms with van der Waals surface area (Å²) in [5, 5.41) is 0. The van der Waals surface area contributed by atoms with Gasteiger partial charge in [0.25, 0.3) is 0 Å². The number of rotatable bonds is 0. The van der Waals surface area contributed by atoms with Gasteiger partial charge in [0.15, 0.2) is 0 Å². The highest BCUT2D eigenvalue weighted by Gasteiger charge is 2.39. The van der Waals surface area contributed by atoms with Crippen LogP contribution in [0.2, 0.25) is 0 Å². The molecule has 1 amide bonds. The summed E-state index contributed by atoms with van der Waals surface area (Å²) in [5.74, 6) is 0.225. The third-order valence-corrected chi connectivity index (χ3v) is 3.44. The molecule has 1 spiro atoms. The van der Waals surface area contributed by atoms with Crippen LogP contribution in [0, 0.1) is 5.41 Å². The first-order valence-corrected chi connectivity index (χ1v) is 5.05. The normalized spacial score (nSPS) is 26.7. The predicted octanol–water partition coefficient (Wildman–Crippen LogP) is 1.04. The maximum atomic E-state index is 11.2. The van der Waals surface area contributed by atoms with E-state index in [0.29, 0.717) is 5.41 Å². The van der Waals surface area contributed by atoms with E-state index in [1.807, 2.05) is 4.90 Å². The SMILES string of the molecule is CC(=O)N1CCC2(CCOCC2)C1. The van der Waals surface area contributed by atoms with Crippen LogP contribution in [0.3, 0.4) is 0 Å². The van der Waals surface area contributed by atoms with Gasteiger partial charge in [0, 0.05) is 33.2 Å². The van der Waals surface area contributed by atoms with Crippen molar-refractivity contribution in [2.45, 2.75) is 26.2 Å². The molecule has 2 aliphatic rings. The minimum absolute atomic E-state index is 0.225. The Bertz CT molecular complexity index is 209. The number of ether oxygens (including phenoxy) is 1. The lowest BCUT2D eigenvalue weighted by atomic mass is 9.80. The summed E-state index contributed by atoms with van der Waals surface area (Å²) < 4.78 is 5.35. The first kappa shape index (κ1) is 9.00. The molecule has 0 atom stereocenters. The van der Waals surface area contributed by atoms with Crippen LogP contribution in [0.5, 0.6) is 0 Å². The second-order valence-electron chi connectivity index (χ2n) is 4.30. The Morgan fingerprint density at radius 1 is 1.31 bits per heavy atom. The summed E-state index contributed by atoms with van der Waals surface area (Å²) in [6, 6.07) is 0. The van der Waals surface area contributed by atoms with Gasteiger partial charge in [-0.1, -0.05) is 0 Å². The summed E-state index contributed by atoms with van der Waals surface area (Å²) in [6.45, 7) is 5.34. The molecule has 2 aliphatic heterocycles. The lowest BCUT2D eigenvalue weighted by Crippen LogP contribution is -2.34. The summed E-state index contributed by atoms with van der Waals surface area (Å²) in [4.78, 5) is 13.1. The molecule has 2 rings (SSSR count). The van der Waals surface area contributed by atoms with Crippen molar-refractivity contribution in [3.8, 4) is 0 Å². The van der Waals surface area contributed by atoms with Crippen molar-refractivity contribution in [2.24, 2.45) is 5.41 Å². The number of amides is 1. The van der Waals surface area contributed by atoms with Crippen LogP contribution in [0.25, 0.3) is 0 Å². The van der Waals surface area contributed by atoms with Gasteiger partial charge in [-0.15, -0.1) is 0 Å². The van der Waals surface area contributed by atoms with Crippen LogP contribution in [0.15, 0.2) is 0 Å². The number of nitrogens with zero attached hydrogens (tertiary/aromatic N) is 1. The number of carbonyl (C=O) groups excluding carboxylic acids is 1. The molecule has 0 radical (unpaired) electrons. The van der Waals surface area contributed by atoms with Crippen molar-refractivity contribution >= 4 is 5.91 Å². The lowest BCUT2D eigenvalue weighted by Gasteiger charge is -2.32. The molecule has 0 aliphatic carbocycles. The first-order chi connectivity index (χ1) is 6.22. The first-order valence-electron chi connectivity index (χ1n) is 5.05. The highest BCUT2D eigenvalue weighted by molar-refractivity contribution is 5.73. The monoisotopic (exact) mass is 183 g/mol. The molecule has 3 nitrogen and oxygen atoms in total. The zero-order valence-electron chi connectivity index (χ0n) is 8.21. The molecule has 0 aromatic carbocycles. The van der Waals surface area contributed by atoms with E-state index < -0.39 is 0 Å². The average Bonchev–Trinajstić information content (AvgIpc) is 2.51. The highest BCUT2D eigenvalue weighted by Crippen LogP contribution is 2.39. The molecule has 0 saturated carbocycles. The van der Waals surface area contributed by atoms with Crippen molar-refractivity contribution in [2.75, 3.05) is 26.3 Å². The van der Waals surface area contributed by atoms with E-state index >= 15 is 0 Å². The van der Waals surface area contributed by atoms with E-state index in [1.165, 1.54) is 6.42 Å². The van der Waals surface area contributed by atoms with Gasteiger partial charge in [-0.2, -0.15) is 0 Å². The number of hydrogen-bond acceptors (Lipinski definition) is 2. The van der Waals surface area contributed by atoms with Gasteiger partial charge in [0.05, 0.1) is 0 Å². The fourth-order valence-electron chi connectivity index (χ4n) is 2.42. The fraction of sp³-hybridized carbons (Fsp3) is 0.900. The standard InChI is InChI=1S/C10H17NO2/c1-9(12)11-5-2-10(8-11)3-6-13-7-4-10/h2-8H2,1H3. The van der Waals surface area contributed by atoms with Crippen molar-refractivity contribution < 1.29 is 9.53 Å². The second-order valence-corrected chi connectivity index (χ2v) is 4.30. The van der Waals surface area contributed by atoms with Crippen LogP contribution in [0.1, 0.15) is 26.2 Å². The molecule has 2 heterocycles. The summed E-state index contributed by atoms with van der Waals surface area (Å²) in [5.41, 5.74) is 0.407. The van der Waals surface area contributed by atoms with Crippen LogP contribution < -0.4 is 0 Å². The Labute approximate surface area is 79.0 Å². The molecule has 0 N–H and O–H groups in total. The van der Waals surface area contributed by atoms with Gasteiger partial charge in [-0.05, 0) is 24.7 Å². The maximum Gasteiger partial charge on any atom is 0.219 e. The molecular formula is C10H17NO2. The van der Waals surface area contributed by atoms with E-state index in [4.69, 9.17) is 4.74 Å². The zero-order valence-corrected chi connectivity index (χ0v) is 8.21. The van der Waals surface area contributed by atoms with Crippen LogP contribution in [0.4, 0.5) is 0 Å². The fourth-order valence-corrected chi connectivity index (χ4v) is 2.42. The average molecular weight is 183 g/mol. The Morgan fingerprint density at radius 2 is 2.00 bits per heavy atom. The Morgan fingerprint density at radius 3 is 2.54 bits per heavy atom. The van der Waals surface area contributed by atoms with Gasteiger partial charge < -0.3 is 9.64 Å². The van der Waals surface area contributed by atoms with Gasteiger partial charge in [0.2, 0.25) is 5.91 Å². The van der Waals surface area contributed by atoms with E-state index in [-0.39, 0.29) is 5.91 Å². The molecule has 0 unspecified atom stereocenters. The minimum atomic E-state index is 0.225. The maximum absolute atomic E-state index is 11.2. The van der Waals surface area contributed by atoms with E-state index in [0.717, 1.165) is 39.1 Å². The molecule has 74 valence electrons. The molecule has 13 heavy (non-hydrogen) atoms. The third-order valence-electron chi connectivity index (χ3n) is 3.44. The molecular weight excluding hydrogens is 166 g/mol. The number of carbonyl (C=O) groups is 1. The third kappa shape index (κ3) is 1.70. The Kier molecular flexibility index (Phi) is 2.28. The van der Waals surface area contributed by atoms with Crippen LogP contribution in [-0.2, 0) is 9.53 Å². The van der Waals surface area contributed by atoms with Gasteiger partial charge in [-0.25, -0.2) is 0 Å². The summed E-state index contributed by atoms with van der Waals surface area (Å²) in [6.07, 6.45) is 3.45. The molecule has 2 fully saturated rings. The highest BCUT2D eigenvalue weighted by atomic mass is 16.5.